The van der Waals surface area contributed by atoms with E-state index in [1.54, 1.807) is 16.0 Å². The maximum atomic E-state index is 12.6. The molecule has 2 aliphatic rings. The number of amides is 3. The molecule has 31 heavy (non-hydrogen) atoms. The fourth-order valence-corrected chi connectivity index (χ4v) is 3.57. The van der Waals surface area contributed by atoms with Crippen LogP contribution in [-0.2, 0) is 22.5 Å². The zero-order chi connectivity index (χ0) is 21.6. The predicted molar refractivity (Wildman–Crippen MR) is 118 cm³/mol. The van der Waals surface area contributed by atoms with E-state index in [-0.39, 0.29) is 23.7 Å². The van der Waals surface area contributed by atoms with Crippen molar-refractivity contribution in [3.05, 3.63) is 83.2 Å². The smallest absolute Gasteiger partial charge is 0.348 e. The number of urea groups is 1. The zero-order valence-corrected chi connectivity index (χ0v) is 17.6. The van der Waals surface area contributed by atoms with Crippen molar-refractivity contribution in [1.29, 1.82) is 0 Å². The second-order valence-electron chi connectivity index (χ2n) is 7.66. The number of ether oxygens (including phenoxy) is 1. The van der Waals surface area contributed by atoms with E-state index in [0.29, 0.717) is 26.2 Å². The molecule has 4 rings (SSSR count). The largest absolute Gasteiger partial charge is 0.418 e. The molecular weight excluding hydrogens is 392 g/mol. The summed E-state index contributed by atoms with van der Waals surface area (Å²) in [6, 6.07) is 17.9. The molecule has 0 unspecified atom stereocenters. The first kappa shape index (κ1) is 20.7. The molecule has 0 spiro atoms. The van der Waals surface area contributed by atoms with E-state index in [1.165, 1.54) is 5.56 Å². The molecule has 1 N–H and O–H groups in total. The molecule has 2 aromatic rings. The molecule has 160 valence electrons. The number of amidine groups is 1. The Morgan fingerprint density at radius 1 is 1.10 bits per heavy atom. The first-order chi connectivity index (χ1) is 15.1. The van der Waals surface area contributed by atoms with Crippen LogP contribution in [0.15, 0.2) is 71.5 Å². The van der Waals surface area contributed by atoms with Crippen molar-refractivity contribution in [1.82, 2.24) is 15.1 Å². The molecule has 0 fully saturated rings. The minimum absolute atomic E-state index is 0.159. The van der Waals surface area contributed by atoms with Gasteiger partial charge in [0, 0.05) is 26.2 Å². The number of rotatable bonds is 7. The Balaban J connectivity index is 1.29. The standard InChI is InChI=1S/C24H26N4O3/c1-18-8-5-6-12-20(18)16-27-14-15-28-17-21(31-24(28)26-23(27)30)22(29)25-13-7-11-19-9-3-2-4-10-19/h2-6,8-10,12,17H,7,11,13-16H2,1H3,(H,25,29). The summed E-state index contributed by atoms with van der Waals surface area (Å²) < 4.78 is 5.59. The normalized spacial score (nSPS) is 15.6. The van der Waals surface area contributed by atoms with Gasteiger partial charge in [0.05, 0.1) is 6.20 Å². The molecule has 7 nitrogen and oxygen atoms in total. The molecule has 0 aromatic heterocycles. The molecule has 0 radical (unpaired) electrons. The molecule has 0 saturated carbocycles. The summed E-state index contributed by atoms with van der Waals surface area (Å²) in [6.45, 7) is 4.07. The van der Waals surface area contributed by atoms with Crippen LogP contribution in [0.4, 0.5) is 4.79 Å². The van der Waals surface area contributed by atoms with Crippen molar-refractivity contribution in [3.63, 3.8) is 0 Å². The van der Waals surface area contributed by atoms with Gasteiger partial charge in [-0.15, -0.1) is 4.99 Å². The quantitative estimate of drug-likeness (QED) is 0.701. The van der Waals surface area contributed by atoms with Gasteiger partial charge in [-0.3, -0.25) is 9.69 Å². The molecular formula is C24H26N4O3. The number of hydrogen-bond donors (Lipinski definition) is 1. The number of carbonyl (C=O) groups excluding carboxylic acids is 2. The van der Waals surface area contributed by atoms with Gasteiger partial charge in [-0.25, -0.2) is 4.79 Å². The number of hydrogen-bond acceptors (Lipinski definition) is 4. The summed E-state index contributed by atoms with van der Waals surface area (Å²) in [4.78, 5) is 32.5. The van der Waals surface area contributed by atoms with Gasteiger partial charge in [0.1, 0.15) is 0 Å². The van der Waals surface area contributed by atoms with Gasteiger partial charge in [0.15, 0.2) is 0 Å². The molecule has 0 bridgehead atoms. The third-order valence-corrected chi connectivity index (χ3v) is 5.41. The highest BCUT2D eigenvalue weighted by molar-refractivity contribution is 5.99. The molecule has 0 saturated heterocycles. The van der Waals surface area contributed by atoms with Crippen LogP contribution in [-0.4, -0.2) is 47.4 Å². The highest BCUT2D eigenvalue weighted by Gasteiger charge is 2.31. The lowest BCUT2D eigenvalue weighted by Gasteiger charge is -2.20. The molecule has 0 aliphatic carbocycles. The van der Waals surface area contributed by atoms with Gasteiger partial charge >= 0.3 is 12.1 Å². The van der Waals surface area contributed by atoms with E-state index in [2.05, 4.69) is 22.4 Å². The fourth-order valence-electron chi connectivity index (χ4n) is 3.57. The highest BCUT2D eigenvalue weighted by atomic mass is 16.5. The summed E-state index contributed by atoms with van der Waals surface area (Å²) in [7, 11) is 0. The van der Waals surface area contributed by atoms with E-state index in [0.717, 1.165) is 24.0 Å². The van der Waals surface area contributed by atoms with Crippen LogP contribution in [0, 0.1) is 6.92 Å². The van der Waals surface area contributed by atoms with Crippen LogP contribution in [0.25, 0.3) is 0 Å². The van der Waals surface area contributed by atoms with Gasteiger partial charge < -0.3 is 15.0 Å². The minimum atomic E-state index is -0.362. The summed E-state index contributed by atoms with van der Waals surface area (Å²) in [5, 5.41) is 2.87. The molecule has 3 amide bonds. The van der Waals surface area contributed by atoms with Crippen molar-refractivity contribution in [3.8, 4) is 0 Å². The molecule has 0 atom stereocenters. The number of aliphatic imine (C=N–C) groups is 1. The molecule has 7 heteroatoms. The van der Waals surface area contributed by atoms with Crippen LogP contribution in [0.1, 0.15) is 23.1 Å². The zero-order valence-electron chi connectivity index (χ0n) is 17.6. The van der Waals surface area contributed by atoms with Gasteiger partial charge in [0.2, 0.25) is 5.76 Å². The average molecular weight is 418 g/mol. The first-order valence-corrected chi connectivity index (χ1v) is 10.5. The van der Waals surface area contributed by atoms with Crippen molar-refractivity contribution in [2.24, 2.45) is 4.99 Å². The molecule has 2 aliphatic heterocycles. The number of nitrogens with zero attached hydrogens (tertiary/aromatic N) is 3. The first-order valence-electron chi connectivity index (χ1n) is 10.5. The third kappa shape index (κ3) is 5.12. The summed E-state index contributed by atoms with van der Waals surface area (Å²) in [5.41, 5.74) is 3.46. The number of carbonyl (C=O) groups is 2. The molecule has 2 heterocycles. The highest BCUT2D eigenvalue weighted by Crippen LogP contribution is 2.19. The Kier molecular flexibility index (Phi) is 6.31. The van der Waals surface area contributed by atoms with Crippen molar-refractivity contribution >= 4 is 18.0 Å². The Morgan fingerprint density at radius 3 is 2.68 bits per heavy atom. The molecule has 2 aromatic carbocycles. The van der Waals surface area contributed by atoms with Gasteiger partial charge in [-0.05, 0) is 36.5 Å². The van der Waals surface area contributed by atoms with E-state index >= 15 is 0 Å². The van der Waals surface area contributed by atoms with Crippen LogP contribution >= 0.6 is 0 Å². The van der Waals surface area contributed by atoms with E-state index in [4.69, 9.17) is 4.74 Å². The maximum Gasteiger partial charge on any atom is 0.348 e. The summed E-state index contributed by atoms with van der Waals surface area (Å²) in [5.74, 6) is -0.133. The van der Waals surface area contributed by atoms with E-state index in [1.807, 2.05) is 49.4 Å². The average Bonchev–Trinajstić information content (AvgIpc) is 3.12. The minimum Gasteiger partial charge on any atom is -0.418 e. The monoisotopic (exact) mass is 418 g/mol. The van der Waals surface area contributed by atoms with Gasteiger partial charge in [-0.2, -0.15) is 0 Å². The van der Waals surface area contributed by atoms with E-state index < -0.39 is 0 Å². The number of fused-ring (bicyclic) bond motifs is 1. The van der Waals surface area contributed by atoms with Crippen molar-refractivity contribution in [2.45, 2.75) is 26.3 Å². The topological polar surface area (TPSA) is 74.2 Å². The second kappa shape index (κ2) is 9.47. The summed E-state index contributed by atoms with van der Waals surface area (Å²) in [6.07, 6.45) is 3.35. The van der Waals surface area contributed by atoms with E-state index in [9.17, 15) is 9.59 Å². The third-order valence-electron chi connectivity index (χ3n) is 5.41. The van der Waals surface area contributed by atoms with Crippen molar-refractivity contribution in [2.75, 3.05) is 19.6 Å². The predicted octanol–water partition coefficient (Wildman–Crippen LogP) is 3.21. The van der Waals surface area contributed by atoms with Crippen molar-refractivity contribution < 1.29 is 14.3 Å². The lowest BCUT2D eigenvalue weighted by atomic mass is 10.1. The number of benzene rings is 2. The summed E-state index contributed by atoms with van der Waals surface area (Å²) >= 11 is 0. The SMILES string of the molecule is Cc1ccccc1CN1CCN2C=C(C(=O)NCCCc3ccccc3)OC2=NC1=O. The van der Waals surface area contributed by atoms with Gasteiger partial charge in [-0.1, -0.05) is 54.6 Å². The van der Waals surface area contributed by atoms with Crippen LogP contribution < -0.4 is 5.32 Å². The van der Waals surface area contributed by atoms with Crippen LogP contribution in [0.2, 0.25) is 0 Å². The Labute approximate surface area is 182 Å². The number of nitrogens with one attached hydrogen (secondary N) is 1. The second-order valence-corrected chi connectivity index (χ2v) is 7.66. The maximum absolute atomic E-state index is 12.6. The Morgan fingerprint density at radius 2 is 1.87 bits per heavy atom. The van der Waals surface area contributed by atoms with Gasteiger partial charge in [0.25, 0.3) is 5.91 Å². The van der Waals surface area contributed by atoms with Crippen LogP contribution in [0.3, 0.4) is 0 Å². The lowest BCUT2D eigenvalue weighted by Crippen LogP contribution is -2.32. The fraction of sp³-hybridized carbons (Fsp3) is 0.292. The lowest BCUT2D eigenvalue weighted by molar-refractivity contribution is -0.119. The Bertz CT molecular complexity index is 1020. The number of aryl methyl sites for hydroxylation is 2. The Hall–Kier alpha value is -3.61. The van der Waals surface area contributed by atoms with Crippen LogP contribution in [0.5, 0.6) is 0 Å².